The molecule has 1 fully saturated rings. The van der Waals surface area contributed by atoms with E-state index in [9.17, 15) is 9.59 Å². The summed E-state index contributed by atoms with van der Waals surface area (Å²) in [4.78, 5) is 21.8. The molecular formula is C14H24O5. The van der Waals surface area contributed by atoms with Crippen molar-refractivity contribution in [2.75, 3.05) is 13.2 Å². The molecule has 0 saturated carbocycles. The minimum Gasteiger partial charge on any atom is -0.466 e. The standard InChI is InChI=1S/C14H24O5/c1-2-17-13(16)9-8-12(6-5-10-15)19-14-7-3-4-11-18-14/h10,12,14H,2-9,11H2,1H3. The van der Waals surface area contributed by atoms with Crippen molar-refractivity contribution in [1.82, 2.24) is 0 Å². The third-order valence-corrected chi connectivity index (χ3v) is 3.06. The van der Waals surface area contributed by atoms with E-state index >= 15 is 0 Å². The molecule has 2 atom stereocenters. The molecule has 19 heavy (non-hydrogen) atoms. The Bertz CT molecular complexity index is 261. The minimum absolute atomic E-state index is 0.113. The zero-order valence-electron chi connectivity index (χ0n) is 11.6. The summed E-state index contributed by atoms with van der Waals surface area (Å²) >= 11 is 0. The second kappa shape index (κ2) is 9.92. The molecule has 1 heterocycles. The maximum absolute atomic E-state index is 11.3. The van der Waals surface area contributed by atoms with Gasteiger partial charge in [-0.1, -0.05) is 0 Å². The highest BCUT2D eigenvalue weighted by Gasteiger charge is 2.20. The van der Waals surface area contributed by atoms with Gasteiger partial charge < -0.3 is 19.0 Å². The molecule has 1 saturated heterocycles. The van der Waals surface area contributed by atoms with Crippen LogP contribution in [0.3, 0.4) is 0 Å². The molecule has 110 valence electrons. The average molecular weight is 272 g/mol. The van der Waals surface area contributed by atoms with Crippen LogP contribution in [0.1, 0.15) is 51.9 Å². The van der Waals surface area contributed by atoms with Gasteiger partial charge in [0, 0.05) is 19.4 Å². The first-order valence-corrected chi connectivity index (χ1v) is 7.12. The van der Waals surface area contributed by atoms with Crippen molar-refractivity contribution in [2.24, 2.45) is 0 Å². The van der Waals surface area contributed by atoms with Gasteiger partial charge in [0.25, 0.3) is 0 Å². The van der Waals surface area contributed by atoms with Gasteiger partial charge >= 0.3 is 5.97 Å². The molecule has 0 N–H and O–H groups in total. The van der Waals surface area contributed by atoms with Gasteiger partial charge in [0.05, 0.1) is 12.7 Å². The first-order chi connectivity index (χ1) is 9.26. The van der Waals surface area contributed by atoms with Crippen molar-refractivity contribution < 1.29 is 23.8 Å². The fourth-order valence-electron chi connectivity index (χ4n) is 2.08. The minimum atomic E-state index is -0.216. The molecule has 5 heteroatoms. The first kappa shape index (κ1) is 16.1. The van der Waals surface area contributed by atoms with Crippen LogP contribution in [-0.2, 0) is 23.8 Å². The summed E-state index contributed by atoms with van der Waals surface area (Å²) in [6.45, 7) is 2.90. The Morgan fingerprint density at radius 2 is 2.26 bits per heavy atom. The number of aldehydes is 1. The van der Waals surface area contributed by atoms with E-state index in [4.69, 9.17) is 14.2 Å². The lowest BCUT2D eigenvalue weighted by molar-refractivity contribution is -0.191. The van der Waals surface area contributed by atoms with E-state index in [1.807, 2.05) is 0 Å². The van der Waals surface area contributed by atoms with Gasteiger partial charge in [-0.05, 0) is 39.0 Å². The van der Waals surface area contributed by atoms with E-state index in [0.717, 1.165) is 32.2 Å². The summed E-state index contributed by atoms with van der Waals surface area (Å²) in [5, 5.41) is 0. The van der Waals surface area contributed by atoms with Gasteiger partial charge in [0.15, 0.2) is 6.29 Å². The fourth-order valence-corrected chi connectivity index (χ4v) is 2.08. The number of carbonyl (C=O) groups is 2. The van der Waals surface area contributed by atoms with E-state index in [-0.39, 0.29) is 18.4 Å². The maximum Gasteiger partial charge on any atom is 0.305 e. The third kappa shape index (κ3) is 7.28. The van der Waals surface area contributed by atoms with Crippen molar-refractivity contribution >= 4 is 12.3 Å². The Kier molecular flexibility index (Phi) is 8.41. The van der Waals surface area contributed by atoms with Crippen LogP contribution >= 0.6 is 0 Å². The SMILES string of the molecule is CCOC(=O)CCC(CCC=O)OC1CCCCO1. The normalized spacial score (nSPS) is 20.8. The maximum atomic E-state index is 11.3. The van der Waals surface area contributed by atoms with Gasteiger partial charge in [-0.25, -0.2) is 0 Å². The number of rotatable bonds is 9. The molecule has 1 rings (SSSR count). The van der Waals surface area contributed by atoms with Gasteiger partial charge in [0.2, 0.25) is 0 Å². The molecule has 0 aromatic carbocycles. The fraction of sp³-hybridized carbons (Fsp3) is 0.857. The summed E-state index contributed by atoms with van der Waals surface area (Å²) in [5.41, 5.74) is 0. The van der Waals surface area contributed by atoms with Gasteiger partial charge in [0.1, 0.15) is 6.29 Å². The van der Waals surface area contributed by atoms with Crippen LogP contribution in [0.5, 0.6) is 0 Å². The number of hydrogen-bond donors (Lipinski definition) is 0. The Balaban J connectivity index is 2.32. The zero-order chi connectivity index (χ0) is 13.9. The quantitative estimate of drug-likeness (QED) is 0.476. The molecule has 1 aliphatic rings. The molecule has 0 aromatic heterocycles. The van der Waals surface area contributed by atoms with Crippen molar-refractivity contribution in [3.05, 3.63) is 0 Å². The zero-order valence-corrected chi connectivity index (χ0v) is 11.6. The lowest BCUT2D eigenvalue weighted by atomic mass is 10.1. The molecule has 2 unspecified atom stereocenters. The van der Waals surface area contributed by atoms with E-state index < -0.39 is 0 Å². The van der Waals surface area contributed by atoms with Crippen LogP contribution in [-0.4, -0.2) is 37.9 Å². The summed E-state index contributed by atoms with van der Waals surface area (Å²) in [5.74, 6) is -0.216. The van der Waals surface area contributed by atoms with Crippen LogP contribution in [0.25, 0.3) is 0 Å². The van der Waals surface area contributed by atoms with Crippen LogP contribution in [0.2, 0.25) is 0 Å². The molecule has 0 spiro atoms. The predicted octanol–water partition coefficient (Wildman–Crippen LogP) is 2.22. The van der Waals surface area contributed by atoms with Crippen molar-refractivity contribution in [2.45, 2.75) is 64.3 Å². The Hall–Kier alpha value is -0.940. The van der Waals surface area contributed by atoms with Crippen molar-refractivity contribution in [1.29, 1.82) is 0 Å². The van der Waals surface area contributed by atoms with Crippen molar-refractivity contribution in [3.8, 4) is 0 Å². The Morgan fingerprint density at radius 1 is 1.42 bits per heavy atom. The second-order valence-corrected chi connectivity index (χ2v) is 4.64. The van der Waals surface area contributed by atoms with Crippen molar-refractivity contribution in [3.63, 3.8) is 0 Å². The average Bonchev–Trinajstić information content (AvgIpc) is 2.43. The summed E-state index contributed by atoms with van der Waals surface area (Å²) in [7, 11) is 0. The van der Waals surface area contributed by atoms with E-state index in [2.05, 4.69) is 0 Å². The number of hydrogen-bond acceptors (Lipinski definition) is 5. The monoisotopic (exact) mass is 272 g/mol. The van der Waals surface area contributed by atoms with Crippen LogP contribution in [0.15, 0.2) is 0 Å². The summed E-state index contributed by atoms with van der Waals surface area (Å²) < 4.78 is 16.2. The molecule has 0 aliphatic carbocycles. The molecular weight excluding hydrogens is 248 g/mol. The molecule has 5 nitrogen and oxygen atoms in total. The summed E-state index contributed by atoms with van der Waals surface area (Å²) in [6.07, 6.45) is 5.61. The number of esters is 1. The van der Waals surface area contributed by atoms with Crippen LogP contribution in [0, 0.1) is 0 Å². The molecule has 1 aliphatic heterocycles. The van der Waals surface area contributed by atoms with E-state index in [1.165, 1.54) is 0 Å². The second-order valence-electron chi connectivity index (χ2n) is 4.64. The summed E-state index contributed by atoms with van der Waals surface area (Å²) in [6, 6.07) is 0. The topological polar surface area (TPSA) is 61.8 Å². The lowest BCUT2D eigenvalue weighted by Crippen LogP contribution is -2.28. The van der Waals surface area contributed by atoms with E-state index in [1.54, 1.807) is 6.92 Å². The van der Waals surface area contributed by atoms with Crippen LogP contribution < -0.4 is 0 Å². The lowest BCUT2D eigenvalue weighted by Gasteiger charge is -2.27. The van der Waals surface area contributed by atoms with Gasteiger partial charge in [-0.15, -0.1) is 0 Å². The smallest absolute Gasteiger partial charge is 0.305 e. The Labute approximate surface area is 114 Å². The molecule has 0 radical (unpaired) electrons. The highest BCUT2D eigenvalue weighted by Crippen LogP contribution is 2.19. The highest BCUT2D eigenvalue weighted by atomic mass is 16.7. The van der Waals surface area contributed by atoms with E-state index in [0.29, 0.717) is 32.3 Å². The molecule has 0 bridgehead atoms. The molecule has 0 aromatic rings. The largest absolute Gasteiger partial charge is 0.466 e. The highest BCUT2D eigenvalue weighted by molar-refractivity contribution is 5.69. The predicted molar refractivity (Wildman–Crippen MR) is 69.6 cm³/mol. The first-order valence-electron chi connectivity index (χ1n) is 7.12. The van der Waals surface area contributed by atoms with Gasteiger partial charge in [-0.2, -0.15) is 0 Å². The Morgan fingerprint density at radius 3 is 2.89 bits per heavy atom. The number of carbonyl (C=O) groups excluding carboxylic acids is 2. The van der Waals surface area contributed by atoms with Gasteiger partial charge in [-0.3, -0.25) is 4.79 Å². The third-order valence-electron chi connectivity index (χ3n) is 3.06. The number of ether oxygens (including phenoxy) is 3. The van der Waals surface area contributed by atoms with Crippen LogP contribution in [0.4, 0.5) is 0 Å². The molecule has 0 amide bonds.